The summed E-state index contributed by atoms with van der Waals surface area (Å²) in [4.78, 5) is 18.4. The van der Waals surface area contributed by atoms with Gasteiger partial charge in [-0.2, -0.15) is 5.10 Å². The number of fused-ring (bicyclic) bond motifs is 1. The Labute approximate surface area is 113 Å². The Bertz CT molecular complexity index is 419. The number of amides is 1. The molecule has 1 N–H and O–H groups in total. The summed E-state index contributed by atoms with van der Waals surface area (Å²) >= 11 is 0. The van der Waals surface area contributed by atoms with Crippen molar-refractivity contribution < 1.29 is 4.79 Å². The van der Waals surface area contributed by atoms with Gasteiger partial charge in [0, 0.05) is 25.0 Å². The molecule has 0 unspecified atom stereocenters. The van der Waals surface area contributed by atoms with E-state index in [1.54, 1.807) is 11.0 Å². The van der Waals surface area contributed by atoms with E-state index < -0.39 is 0 Å². The Hall–Kier alpha value is -1.43. The predicted octanol–water partition coefficient (Wildman–Crippen LogP) is 0.411. The van der Waals surface area contributed by atoms with Crippen molar-refractivity contribution in [3.05, 3.63) is 12.7 Å². The van der Waals surface area contributed by atoms with Gasteiger partial charge in [0.05, 0.1) is 6.54 Å². The predicted molar refractivity (Wildman–Crippen MR) is 70.4 cm³/mol. The largest absolute Gasteiger partial charge is 0.352 e. The summed E-state index contributed by atoms with van der Waals surface area (Å²) in [6.07, 6.45) is 8.55. The second-order valence-electron chi connectivity index (χ2n) is 5.47. The zero-order valence-corrected chi connectivity index (χ0v) is 11.2. The van der Waals surface area contributed by atoms with E-state index in [9.17, 15) is 4.79 Å². The van der Waals surface area contributed by atoms with E-state index >= 15 is 0 Å². The first kappa shape index (κ1) is 12.6. The zero-order valence-electron chi connectivity index (χ0n) is 11.2. The second-order valence-corrected chi connectivity index (χ2v) is 5.47. The lowest BCUT2D eigenvalue weighted by atomic mass is 9.99. The molecular weight excluding hydrogens is 242 g/mol. The SMILES string of the molecule is O=C(CCn1cncn1)N[C@H]1CCN2CCCC[C@H]12. The molecule has 0 radical (unpaired) electrons. The van der Waals surface area contributed by atoms with E-state index in [0.29, 0.717) is 25.0 Å². The van der Waals surface area contributed by atoms with Crippen molar-refractivity contribution in [2.24, 2.45) is 0 Å². The molecule has 0 bridgehead atoms. The highest BCUT2D eigenvalue weighted by atomic mass is 16.1. The third kappa shape index (κ3) is 2.94. The van der Waals surface area contributed by atoms with Gasteiger partial charge in [-0.1, -0.05) is 6.42 Å². The third-order valence-electron chi connectivity index (χ3n) is 4.24. The van der Waals surface area contributed by atoms with Gasteiger partial charge in [-0.3, -0.25) is 14.4 Å². The van der Waals surface area contributed by atoms with Crippen molar-refractivity contribution in [2.45, 2.75) is 50.7 Å². The van der Waals surface area contributed by atoms with Crippen LogP contribution in [-0.4, -0.2) is 50.7 Å². The summed E-state index contributed by atoms with van der Waals surface area (Å²) in [5, 5.41) is 7.20. The molecule has 0 saturated carbocycles. The molecule has 6 heteroatoms. The molecule has 2 aliphatic heterocycles. The minimum absolute atomic E-state index is 0.132. The molecule has 2 atom stereocenters. The first-order valence-corrected chi connectivity index (χ1v) is 7.19. The number of aryl methyl sites for hydroxylation is 1. The van der Waals surface area contributed by atoms with Crippen LogP contribution in [0.2, 0.25) is 0 Å². The molecule has 1 aromatic rings. The molecule has 1 aromatic heterocycles. The van der Waals surface area contributed by atoms with Crippen LogP contribution in [0.1, 0.15) is 32.1 Å². The zero-order chi connectivity index (χ0) is 13.1. The maximum absolute atomic E-state index is 12.0. The molecular formula is C13H21N5O. The van der Waals surface area contributed by atoms with E-state index in [2.05, 4.69) is 20.3 Å². The number of nitrogens with zero attached hydrogens (tertiary/aromatic N) is 4. The fourth-order valence-electron chi connectivity index (χ4n) is 3.26. The number of piperidine rings is 1. The van der Waals surface area contributed by atoms with Gasteiger partial charge in [-0.15, -0.1) is 0 Å². The van der Waals surface area contributed by atoms with E-state index in [1.165, 1.54) is 32.1 Å². The molecule has 1 amide bonds. The maximum atomic E-state index is 12.0. The fourth-order valence-corrected chi connectivity index (χ4v) is 3.26. The van der Waals surface area contributed by atoms with Gasteiger partial charge in [-0.05, 0) is 25.8 Å². The Balaban J connectivity index is 1.47. The first-order chi connectivity index (χ1) is 9.33. The van der Waals surface area contributed by atoms with Crippen molar-refractivity contribution in [3.8, 4) is 0 Å². The highest BCUT2D eigenvalue weighted by Crippen LogP contribution is 2.27. The minimum Gasteiger partial charge on any atom is -0.352 e. The van der Waals surface area contributed by atoms with Gasteiger partial charge in [0.15, 0.2) is 0 Å². The fraction of sp³-hybridized carbons (Fsp3) is 0.769. The van der Waals surface area contributed by atoms with Crippen LogP contribution in [0.5, 0.6) is 0 Å². The molecule has 2 saturated heterocycles. The van der Waals surface area contributed by atoms with E-state index in [1.807, 2.05) is 0 Å². The van der Waals surface area contributed by atoms with Crippen LogP contribution >= 0.6 is 0 Å². The average molecular weight is 263 g/mol. The van der Waals surface area contributed by atoms with Gasteiger partial charge < -0.3 is 5.32 Å². The van der Waals surface area contributed by atoms with Crippen LogP contribution in [0, 0.1) is 0 Å². The van der Waals surface area contributed by atoms with Crippen LogP contribution in [0.25, 0.3) is 0 Å². The summed E-state index contributed by atoms with van der Waals surface area (Å²) in [5.74, 6) is 0.132. The van der Waals surface area contributed by atoms with Crippen LogP contribution in [0.4, 0.5) is 0 Å². The highest BCUT2D eigenvalue weighted by molar-refractivity contribution is 5.76. The molecule has 6 nitrogen and oxygen atoms in total. The van der Waals surface area contributed by atoms with Gasteiger partial charge in [-0.25, -0.2) is 4.98 Å². The minimum atomic E-state index is 0.132. The Morgan fingerprint density at radius 3 is 3.11 bits per heavy atom. The summed E-state index contributed by atoms with van der Waals surface area (Å²) in [7, 11) is 0. The lowest BCUT2D eigenvalue weighted by Gasteiger charge is -2.32. The maximum Gasteiger partial charge on any atom is 0.222 e. The first-order valence-electron chi connectivity index (χ1n) is 7.19. The molecule has 3 rings (SSSR count). The molecule has 0 aliphatic carbocycles. The molecule has 104 valence electrons. The molecule has 0 spiro atoms. The van der Waals surface area contributed by atoms with Gasteiger partial charge >= 0.3 is 0 Å². The van der Waals surface area contributed by atoms with E-state index in [4.69, 9.17) is 0 Å². The third-order valence-corrected chi connectivity index (χ3v) is 4.24. The van der Waals surface area contributed by atoms with Crippen molar-refractivity contribution in [3.63, 3.8) is 0 Å². The van der Waals surface area contributed by atoms with Crippen molar-refractivity contribution >= 4 is 5.91 Å². The van der Waals surface area contributed by atoms with Gasteiger partial charge in [0.25, 0.3) is 0 Å². The number of carbonyl (C=O) groups excluding carboxylic acids is 1. The second kappa shape index (κ2) is 5.69. The smallest absolute Gasteiger partial charge is 0.222 e. The van der Waals surface area contributed by atoms with Crippen LogP contribution < -0.4 is 5.32 Å². The lowest BCUT2D eigenvalue weighted by molar-refractivity contribution is -0.122. The Morgan fingerprint density at radius 2 is 2.26 bits per heavy atom. The molecule has 0 aromatic carbocycles. The van der Waals surface area contributed by atoms with Crippen molar-refractivity contribution in [1.82, 2.24) is 25.0 Å². The topological polar surface area (TPSA) is 63.1 Å². The monoisotopic (exact) mass is 263 g/mol. The summed E-state index contributed by atoms with van der Waals surface area (Å²) in [6, 6.07) is 0.924. The molecule has 2 fully saturated rings. The number of rotatable bonds is 4. The summed E-state index contributed by atoms with van der Waals surface area (Å²) < 4.78 is 1.70. The highest BCUT2D eigenvalue weighted by Gasteiger charge is 2.35. The lowest BCUT2D eigenvalue weighted by Crippen LogP contribution is -2.46. The van der Waals surface area contributed by atoms with Crippen LogP contribution in [0.3, 0.4) is 0 Å². The average Bonchev–Trinajstić information content (AvgIpc) is 3.07. The number of hydrogen-bond acceptors (Lipinski definition) is 4. The van der Waals surface area contributed by atoms with Crippen LogP contribution in [-0.2, 0) is 11.3 Å². The molecule has 3 heterocycles. The van der Waals surface area contributed by atoms with Crippen molar-refractivity contribution in [1.29, 1.82) is 0 Å². The number of nitrogens with one attached hydrogen (secondary N) is 1. The normalized spacial score (nSPS) is 27.2. The van der Waals surface area contributed by atoms with Crippen LogP contribution in [0.15, 0.2) is 12.7 Å². The quantitative estimate of drug-likeness (QED) is 0.854. The number of carbonyl (C=O) groups is 1. The van der Waals surface area contributed by atoms with E-state index in [0.717, 1.165) is 13.0 Å². The number of aromatic nitrogens is 3. The van der Waals surface area contributed by atoms with Gasteiger partial charge in [0.2, 0.25) is 5.91 Å². The summed E-state index contributed by atoms with van der Waals surface area (Å²) in [5.41, 5.74) is 0. The Kier molecular flexibility index (Phi) is 3.77. The Morgan fingerprint density at radius 1 is 1.32 bits per heavy atom. The van der Waals surface area contributed by atoms with Crippen molar-refractivity contribution in [2.75, 3.05) is 13.1 Å². The van der Waals surface area contributed by atoms with Gasteiger partial charge in [0.1, 0.15) is 12.7 Å². The molecule has 2 aliphatic rings. The summed E-state index contributed by atoms with van der Waals surface area (Å²) in [6.45, 7) is 2.95. The van der Waals surface area contributed by atoms with E-state index in [-0.39, 0.29) is 5.91 Å². The standard InChI is InChI=1S/C13H21N5O/c19-13(5-8-18-10-14-9-15-18)16-11-4-7-17-6-2-1-3-12(11)17/h9-12H,1-8H2,(H,16,19)/t11-,12+/m0/s1. The number of hydrogen-bond donors (Lipinski definition) is 1. The molecule has 19 heavy (non-hydrogen) atoms.